The number of nitrogens with zero attached hydrogens (tertiary/aromatic N) is 2. The van der Waals surface area contributed by atoms with E-state index in [-0.39, 0.29) is 0 Å². The molecule has 0 bridgehead atoms. The van der Waals surface area contributed by atoms with Crippen LogP contribution in [0.3, 0.4) is 0 Å². The average molecular weight is 276 g/mol. The maximum Gasteiger partial charge on any atom is 0.279 e. The van der Waals surface area contributed by atoms with Crippen molar-refractivity contribution in [3.05, 3.63) is 0 Å². The zero-order valence-corrected chi connectivity index (χ0v) is 11.7. The fourth-order valence-electron chi connectivity index (χ4n) is 2.46. The molecule has 2 aliphatic heterocycles. The lowest BCUT2D eigenvalue weighted by Crippen LogP contribution is -2.45. The van der Waals surface area contributed by atoms with Crippen LogP contribution in [0.25, 0.3) is 0 Å². The van der Waals surface area contributed by atoms with Crippen molar-refractivity contribution < 1.29 is 8.42 Å². The van der Waals surface area contributed by atoms with Crippen LogP contribution in [0.5, 0.6) is 0 Å². The molecule has 2 N–H and O–H groups in total. The summed E-state index contributed by atoms with van der Waals surface area (Å²) in [7, 11) is -3.21. The van der Waals surface area contributed by atoms with E-state index in [9.17, 15) is 8.42 Å². The highest BCUT2D eigenvalue weighted by atomic mass is 32.2. The van der Waals surface area contributed by atoms with Gasteiger partial charge in [0.2, 0.25) is 0 Å². The van der Waals surface area contributed by atoms with Crippen molar-refractivity contribution in [2.75, 3.05) is 52.4 Å². The third-order valence-electron chi connectivity index (χ3n) is 3.55. The van der Waals surface area contributed by atoms with Crippen molar-refractivity contribution >= 4 is 10.2 Å². The molecule has 0 aromatic rings. The number of rotatable bonds is 6. The first kappa shape index (κ1) is 14.2. The summed E-state index contributed by atoms with van der Waals surface area (Å²) in [5.74, 6) is 0. The second-order valence-electron chi connectivity index (χ2n) is 4.95. The van der Waals surface area contributed by atoms with Gasteiger partial charge in [-0.15, -0.1) is 0 Å². The molecule has 18 heavy (non-hydrogen) atoms. The Morgan fingerprint density at radius 2 is 1.72 bits per heavy atom. The van der Waals surface area contributed by atoms with Gasteiger partial charge in [0.05, 0.1) is 0 Å². The molecule has 106 valence electrons. The van der Waals surface area contributed by atoms with Gasteiger partial charge in [-0.05, 0) is 25.8 Å². The smallest absolute Gasteiger partial charge is 0.279 e. The Bertz CT molecular complexity index is 335. The molecule has 0 aromatic carbocycles. The highest BCUT2D eigenvalue weighted by molar-refractivity contribution is 7.87. The largest absolute Gasteiger partial charge is 0.314 e. The number of hydrogen-bond acceptors (Lipinski definition) is 4. The van der Waals surface area contributed by atoms with Gasteiger partial charge >= 0.3 is 0 Å². The summed E-state index contributed by atoms with van der Waals surface area (Å²) in [6.45, 7) is 7.09. The van der Waals surface area contributed by atoms with Crippen LogP contribution in [0.4, 0.5) is 0 Å². The third-order valence-corrected chi connectivity index (χ3v) is 5.16. The molecule has 0 amide bonds. The van der Waals surface area contributed by atoms with Gasteiger partial charge in [-0.2, -0.15) is 12.7 Å². The van der Waals surface area contributed by atoms with E-state index >= 15 is 0 Å². The van der Waals surface area contributed by atoms with Crippen LogP contribution < -0.4 is 10.0 Å². The first-order chi connectivity index (χ1) is 8.68. The molecule has 2 heterocycles. The quantitative estimate of drug-likeness (QED) is 0.624. The lowest BCUT2D eigenvalue weighted by atomic mass is 10.3. The van der Waals surface area contributed by atoms with Gasteiger partial charge in [0.15, 0.2) is 0 Å². The first-order valence-corrected chi connectivity index (χ1v) is 8.30. The Kier molecular flexibility index (Phi) is 5.38. The van der Waals surface area contributed by atoms with Gasteiger partial charge in [-0.3, -0.25) is 0 Å². The topological polar surface area (TPSA) is 64.7 Å². The summed E-state index contributed by atoms with van der Waals surface area (Å²) in [6, 6.07) is 0. The van der Waals surface area contributed by atoms with Gasteiger partial charge in [0.25, 0.3) is 10.2 Å². The Labute approximate surface area is 110 Å². The molecule has 2 aliphatic rings. The molecule has 0 spiro atoms. The van der Waals surface area contributed by atoms with Crippen molar-refractivity contribution in [3.63, 3.8) is 0 Å². The van der Waals surface area contributed by atoms with E-state index in [1.54, 1.807) is 4.31 Å². The molecule has 0 atom stereocenters. The Morgan fingerprint density at radius 1 is 1.06 bits per heavy atom. The van der Waals surface area contributed by atoms with E-state index in [0.29, 0.717) is 19.6 Å². The van der Waals surface area contributed by atoms with Crippen LogP contribution in [-0.4, -0.2) is 70.0 Å². The minimum Gasteiger partial charge on any atom is -0.314 e. The van der Waals surface area contributed by atoms with Gasteiger partial charge in [0.1, 0.15) is 0 Å². The maximum atomic E-state index is 11.9. The lowest BCUT2D eigenvalue weighted by molar-refractivity contribution is 0.239. The predicted molar refractivity (Wildman–Crippen MR) is 71.7 cm³/mol. The molecule has 2 fully saturated rings. The van der Waals surface area contributed by atoms with Crippen molar-refractivity contribution in [2.45, 2.75) is 19.3 Å². The van der Waals surface area contributed by atoms with Crippen LogP contribution in [0.2, 0.25) is 0 Å². The molecule has 7 heteroatoms. The van der Waals surface area contributed by atoms with E-state index in [1.807, 2.05) is 0 Å². The number of nitrogens with one attached hydrogen (secondary N) is 2. The zero-order valence-electron chi connectivity index (χ0n) is 10.9. The summed E-state index contributed by atoms with van der Waals surface area (Å²) in [4.78, 5) is 2.38. The summed E-state index contributed by atoms with van der Waals surface area (Å²) in [6.07, 6.45) is 2.86. The van der Waals surface area contributed by atoms with Crippen LogP contribution in [0.1, 0.15) is 19.3 Å². The highest BCUT2D eigenvalue weighted by Gasteiger charge is 2.24. The van der Waals surface area contributed by atoms with E-state index < -0.39 is 10.2 Å². The van der Waals surface area contributed by atoms with Crippen LogP contribution in [0.15, 0.2) is 0 Å². The monoisotopic (exact) mass is 276 g/mol. The average Bonchev–Trinajstić information content (AvgIpc) is 2.91. The highest BCUT2D eigenvalue weighted by Crippen LogP contribution is 2.10. The summed E-state index contributed by atoms with van der Waals surface area (Å²) < 4.78 is 28.0. The van der Waals surface area contributed by atoms with Crippen molar-refractivity contribution in [3.8, 4) is 0 Å². The van der Waals surface area contributed by atoms with Crippen molar-refractivity contribution in [2.24, 2.45) is 0 Å². The Balaban J connectivity index is 1.62. The maximum absolute atomic E-state index is 11.9. The first-order valence-electron chi connectivity index (χ1n) is 6.86. The van der Waals surface area contributed by atoms with Gasteiger partial charge in [-0.1, -0.05) is 0 Å². The molecular weight excluding hydrogens is 252 g/mol. The van der Waals surface area contributed by atoms with E-state index in [2.05, 4.69) is 14.9 Å². The molecular formula is C11H24N4O2S. The van der Waals surface area contributed by atoms with Gasteiger partial charge in [-0.25, -0.2) is 4.72 Å². The molecule has 2 rings (SSSR count). The number of piperazine rings is 1. The molecule has 6 nitrogen and oxygen atoms in total. The van der Waals surface area contributed by atoms with Crippen LogP contribution in [0, 0.1) is 0 Å². The van der Waals surface area contributed by atoms with E-state index in [0.717, 1.165) is 52.0 Å². The fraction of sp³-hybridized carbons (Fsp3) is 1.00. The molecule has 0 radical (unpaired) electrons. The summed E-state index contributed by atoms with van der Waals surface area (Å²) in [5, 5.41) is 3.31. The minimum atomic E-state index is -3.21. The van der Waals surface area contributed by atoms with Crippen molar-refractivity contribution in [1.29, 1.82) is 0 Å². The zero-order chi connectivity index (χ0) is 12.8. The second-order valence-corrected chi connectivity index (χ2v) is 6.71. The minimum absolute atomic E-state index is 0.544. The normalized spacial score (nSPS) is 23.6. The standard InChI is InChI=1S/C11H24N4O2S/c16-18(17,15-8-1-2-9-15)13-4-3-7-14-10-5-12-6-11-14/h12-13H,1-11H2. The Morgan fingerprint density at radius 3 is 2.39 bits per heavy atom. The molecule has 0 saturated carbocycles. The van der Waals surface area contributed by atoms with Gasteiger partial charge in [0, 0.05) is 45.8 Å². The summed E-state index contributed by atoms with van der Waals surface area (Å²) in [5.41, 5.74) is 0. The molecule has 0 aromatic heterocycles. The lowest BCUT2D eigenvalue weighted by Gasteiger charge is -2.27. The van der Waals surface area contributed by atoms with Gasteiger partial charge < -0.3 is 10.2 Å². The predicted octanol–water partition coefficient (Wildman–Crippen LogP) is -0.788. The Hall–Kier alpha value is -0.210. The van der Waals surface area contributed by atoms with E-state index in [1.165, 1.54) is 0 Å². The van der Waals surface area contributed by atoms with E-state index in [4.69, 9.17) is 0 Å². The summed E-state index contributed by atoms with van der Waals surface area (Å²) >= 11 is 0. The molecule has 2 saturated heterocycles. The number of hydrogen-bond donors (Lipinski definition) is 2. The molecule has 0 aliphatic carbocycles. The van der Waals surface area contributed by atoms with Crippen LogP contribution in [-0.2, 0) is 10.2 Å². The van der Waals surface area contributed by atoms with Crippen LogP contribution >= 0.6 is 0 Å². The third kappa shape index (κ3) is 4.17. The second kappa shape index (κ2) is 6.81. The van der Waals surface area contributed by atoms with Crippen molar-refractivity contribution in [1.82, 2.24) is 19.2 Å². The fourth-order valence-corrected chi connectivity index (χ4v) is 3.78. The SMILES string of the molecule is O=S(=O)(NCCCN1CCNCC1)N1CCCC1. The molecule has 0 unspecified atom stereocenters.